The number of nitro groups is 1. The molecule has 1 N–H and O–H groups in total. The van der Waals surface area contributed by atoms with Crippen LogP contribution in [0.1, 0.15) is 25.0 Å². The quantitative estimate of drug-likeness (QED) is 0.436. The Kier molecular flexibility index (Phi) is 6.56. The van der Waals surface area contributed by atoms with Gasteiger partial charge in [0, 0.05) is 23.3 Å². The molecule has 0 unspecified atom stereocenters. The van der Waals surface area contributed by atoms with Crippen molar-refractivity contribution in [3.63, 3.8) is 0 Å². The van der Waals surface area contributed by atoms with Gasteiger partial charge in [0.15, 0.2) is 0 Å². The van der Waals surface area contributed by atoms with Gasteiger partial charge in [-0.25, -0.2) is 0 Å². The summed E-state index contributed by atoms with van der Waals surface area (Å²) in [5, 5.41) is 14.4. The minimum atomic E-state index is -0.412. The molecule has 2 aromatic carbocycles. The Morgan fingerprint density at radius 2 is 1.75 bits per heavy atom. The molecule has 0 radical (unpaired) electrons. The first-order valence-electron chi connectivity index (χ1n) is 10.9. The maximum Gasteiger partial charge on any atom is 0.270 e. The molecule has 1 aliphatic heterocycles. The van der Waals surface area contributed by atoms with Crippen molar-refractivity contribution in [2.75, 3.05) is 25.0 Å². The predicted molar refractivity (Wildman–Crippen MR) is 125 cm³/mol. The van der Waals surface area contributed by atoms with Crippen molar-refractivity contribution < 1.29 is 9.72 Å². The van der Waals surface area contributed by atoms with E-state index < -0.39 is 4.92 Å². The molecule has 1 amide bonds. The summed E-state index contributed by atoms with van der Waals surface area (Å²) >= 11 is 0. The number of carbonyl (C=O) groups is 1. The number of rotatable bonds is 6. The topological polar surface area (TPSA) is 88.4 Å². The lowest BCUT2D eigenvalue weighted by Crippen LogP contribution is -2.37. The number of non-ortho nitro benzene ring substituents is 1. The fourth-order valence-electron chi connectivity index (χ4n) is 4.10. The summed E-state index contributed by atoms with van der Waals surface area (Å²) in [5.41, 5.74) is 4.32. The SMILES string of the molecule is Cc1nc(-c2ccccc2)cc(-c2cccc([N+](=O)[O-])c2)c1NC(=O)CN1CCCCC1. The summed E-state index contributed by atoms with van der Waals surface area (Å²) in [7, 11) is 0. The molecule has 1 aromatic heterocycles. The van der Waals surface area contributed by atoms with Gasteiger partial charge in [0.25, 0.3) is 5.69 Å². The number of piperidine rings is 1. The third-order valence-corrected chi connectivity index (χ3v) is 5.72. The van der Waals surface area contributed by atoms with Crippen molar-refractivity contribution in [2.24, 2.45) is 0 Å². The number of nitro benzene ring substituents is 1. The summed E-state index contributed by atoms with van der Waals surface area (Å²) in [6.45, 7) is 4.03. The van der Waals surface area contributed by atoms with Gasteiger partial charge in [-0.15, -0.1) is 0 Å². The number of pyridine rings is 1. The molecular weight excluding hydrogens is 404 g/mol. The van der Waals surface area contributed by atoms with Crippen LogP contribution in [0.2, 0.25) is 0 Å². The van der Waals surface area contributed by atoms with Crippen molar-refractivity contribution in [2.45, 2.75) is 26.2 Å². The number of nitrogens with zero attached hydrogens (tertiary/aromatic N) is 3. The molecule has 1 saturated heterocycles. The van der Waals surface area contributed by atoms with Crippen LogP contribution in [0.15, 0.2) is 60.7 Å². The number of nitrogens with one attached hydrogen (secondary N) is 1. The molecule has 7 nitrogen and oxygen atoms in total. The van der Waals surface area contributed by atoms with E-state index in [4.69, 9.17) is 4.98 Å². The van der Waals surface area contributed by atoms with Crippen molar-refractivity contribution in [1.82, 2.24) is 9.88 Å². The third-order valence-electron chi connectivity index (χ3n) is 5.72. The van der Waals surface area contributed by atoms with E-state index in [2.05, 4.69) is 10.2 Å². The Morgan fingerprint density at radius 3 is 2.47 bits per heavy atom. The van der Waals surface area contributed by atoms with Gasteiger partial charge in [-0.3, -0.25) is 24.8 Å². The molecule has 0 bridgehead atoms. The molecule has 1 aliphatic rings. The Balaban J connectivity index is 1.73. The molecular formula is C25H26N4O3. The van der Waals surface area contributed by atoms with Crippen LogP contribution in [-0.2, 0) is 4.79 Å². The van der Waals surface area contributed by atoms with Crippen LogP contribution in [0.3, 0.4) is 0 Å². The van der Waals surface area contributed by atoms with E-state index in [0.29, 0.717) is 29.1 Å². The van der Waals surface area contributed by atoms with E-state index in [0.717, 1.165) is 37.2 Å². The van der Waals surface area contributed by atoms with E-state index in [1.165, 1.54) is 18.6 Å². The zero-order chi connectivity index (χ0) is 22.5. The lowest BCUT2D eigenvalue weighted by atomic mass is 9.99. The fourth-order valence-corrected chi connectivity index (χ4v) is 4.10. The van der Waals surface area contributed by atoms with Gasteiger partial charge in [0.1, 0.15) is 0 Å². The van der Waals surface area contributed by atoms with E-state index in [9.17, 15) is 14.9 Å². The third kappa shape index (κ3) is 5.00. The maximum absolute atomic E-state index is 12.9. The highest BCUT2D eigenvalue weighted by Crippen LogP contribution is 2.35. The van der Waals surface area contributed by atoms with E-state index >= 15 is 0 Å². The van der Waals surface area contributed by atoms with Crippen LogP contribution in [0, 0.1) is 17.0 Å². The van der Waals surface area contributed by atoms with Crippen LogP contribution in [0.5, 0.6) is 0 Å². The lowest BCUT2D eigenvalue weighted by molar-refractivity contribution is -0.384. The first-order valence-corrected chi connectivity index (χ1v) is 10.9. The van der Waals surface area contributed by atoms with E-state index in [1.54, 1.807) is 6.07 Å². The number of likely N-dealkylation sites (tertiary alicyclic amines) is 1. The fraction of sp³-hybridized carbons (Fsp3) is 0.280. The van der Waals surface area contributed by atoms with Crippen molar-refractivity contribution >= 4 is 17.3 Å². The van der Waals surface area contributed by atoms with Gasteiger partial charge in [-0.05, 0) is 44.5 Å². The summed E-state index contributed by atoms with van der Waals surface area (Å²) in [6.07, 6.45) is 3.43. The first kappa shape index (κ1) is 21.6. The zero-order valence-corrected chi connectivity index (χ0v) is 18.1. The average Bonchev–Trinajstić information content (AvgIpc) is 2.81. The Labute approximate surface area is 187 Å². The van der Waals surface area contributed by atoms with E-state index in [-0.39, 0.29) is 11.6 Å². The van der Waals surface area contributed by atoms with Gasteiger partial charge >= 0.3 is 0 Å². The van der Waals surface area contributed by atoms with Gasteiger partial charge in [0.05, 0.1) is 28.5 Å². The molecule has 0 saturated carbocycles. The lowest BCUT2D eigenvalue weighted by Gasteiger charge is -2.26. The zero-order valence-electron chi connectivity index (χ0n) is 18.1. The average molecular weight is 431 g/mol. The number of carbonyl (C=O) groups excluding carboxylic acids is 1. The van der Waals surface area contributed by atoms with Crippen molar-refractivity contribution in [1.29, 1.82) is 0 Å². The normalized spacial score (nSPS) is 14.2. The van der Waals surface area contributed by atoms with Crippen LogP contribution >= 0.6 is 0 Å². The molecule has 7 heteroatoms. The highest BCUT2D eigenvalue weighted by atomic mass is 16.6. The second-order valence-corrected chi connectivity index (χ2v) is 8.07. The smallest absolute Gasteiger partial charge is 0.270 e. The number of benzene rings is 2. The second-order valence-electron chi connectivity index (χ2n) is 8.07. The maximum atomic E-state index is 12.9. The van der Waals surface area contributed by atoms with Crippen LogP contribution < -0.4 is 5.32 Å². The van der Waals surface area contributed by atoms with E-state index in [1.807, 2.05) is 49.4 Å². The predicted octanol–water partition coefficient (Wildman–Crippen LogP) is 5.06. The number of hydrogen-bond donors (Lipinski definition) is 1. The Bertz CT molecular complexity index is 1130. The summed E-state index contributed by atoms with van der Waals surface area (Å²) in [4.78, 5) is 30.7. The summed E-state index contributed by atoms with van der Waals surface area (Å²) < 4.78 is 0. The molecule has 164 valence electrons. The molecule has 32 heavy (non-hydrogen) atoms. The number of aromatic nitrogens is 1. The van der Waals surface area contributed by atoms with Crippen molar-refractivity contribution in [3.05, 3.63) is 76.5 Å². The number of amides is 1. The van der Waals surface area contributed by atoms with Gasteiger partial charge in [-0.1, -0.05) is 48.9 Å². The van der Waals surface area contributed by atoms with Gasteiger partial charge in [0.2, 0.25) is 5.91 Å². The highest BCUT2D eigenvalue weighted by Gasteiger charge is 2.19. The monoisotopic (exact) mass is 430 g/mol. The van der Waals surface area contributed by atoms with Crippen LogP contribution in [0.4, 0.5) is 11.4 Å². The van der Waals surface area contributed by atoms with Gasteiger partial charge in [-0.2, -0.15) is 0 Å². The number of anilines is 1. The molecule has 1 fully saturated rings. The van der Waals surface area contributed by atoms with Gasteiger partial charge < -0.3 is 5.32 Å². The standard InChI is InChI=1S/C25H26N4O3/c1-18-25(27-24(30)17-28-13-6-3-7-14-28)22(20-11-8-12-21(15-20)29(31)32)16-23(26-18)19-9-4-2-5-10-19/h2,4-5,8-12,15-16H,3,6-7,13-14,17H2,1H3,(H,27,30). The first-order chi connectivity index (χ1) is 15.5. The minimum absolute atomic E-state index is 0.00354. The molecule has 0 atom stereocenters. The summed E-state index contributed by atoms with van der Waals surface area (Å²) in [5.74, 6) is -0.101. The van der Waals surface area contributed by atoms with Crippen LogP contribution in [0.25, 0.3) is 22.4 Å². The second kappa shape index (κ2) is 9.70. The van der Waals surface area contributed by atoms with Crippen LogP contribution in [-0.4, -0.2) is 40.3 Å². The molecule has 3 aromatic rings. The Morgan fingerprint density at radius 1 is 1.03 bits per heavy atom. The number of hydrogen-bond acceptors (Lipinski definition) is 5. The van der Waals surface area contributed by atoms with Crippen molar-refractivity contribution in [3.8, 4) is 22.4 Å². The molecule has 0 spiro atoms. The summed E-state index contributed by atoms with van der Waals surface area (Å²) in [6, 6.07) is 18.1. The molecule has 4 rings (SSSR count). The highest BCUT2D eigenvalue weighted by molar-refractivity contribution is 5.98. The molecule has 0 aliphatic carbocycles. The number of aryl methyl sites for hydroxylation is 1. The molecule has 2 heterocycles. The Hall–Kier alpha value is -3.58. The largest absolute Gasteiger partial charge is 0.323 e. The minimum Gasteiger partial charge on any atom is -0.323 e.